The molecule has 0 bridgehead atoms. The predicted octanol–water partition coefficient (Wildman–Crippen LogP) is 1.71. The predicted molar refractivity (Wildman–Crippen MR) is 70.4 cm³/mol. The number of nitro groups is 1. The molecule has 1 aromatic carbocycles. The van der Waals surface area contributed by atoms with Gasteiger partial charge in [-0.05, 0) is 25.5 Å². The van der Waals surface area contributed by atoms with Crippen LogP contribution < -0.4 is 10.5 Å². The first-order valence-electron chi connectivity index (χ1n) is 6.14. The Hall–Kier alpha value is -1.66. The van der Waals surface area contributed by atoms with Gasteiger partial charge in [-0.2, -0.15) is 0 Å². The van der Waals surface area contributed by atoms with Crippen LogP contribution in [0.1, 0.15) is 17.5 Å². The van der Waals surface area contributed by atoms with Crippen LogP contribution in [-0.2, 0) is 4.74 Å². The summed E-state index contributed by atoms with van der Waals surface area (Å²) in [4.78, 5) is 10.5. The first-order chi connectivity index (χ1) is 8.93. The van der Waals surface area contributed by atoms with E-state index in [0.717, 1.165) is 5.56 Å². The summed E-state index contributed by atoms with van der Waals surface area (Å²) >= 11 is 0. The molecule has 0 heterocycles. The Morgan fingerprint density at radius 3 is 2.58 bits per heavy atom. The molecule has 0 aliphatic heterocycles. The zero-order valence-corrected chi connectivity index (χ0v) is 11.3. The van der Waals surface area contributed by atoms with Crippen LogP contribution in [0.4, 0.5) is 5.69 Å². The number of rotatable bonds is 4. The third kappa shape index (κ3) is 2.54. The van der Waals surface area contributed by atoms with Gasteiger partial charge in [0.05, 0.1) is 11.0 Å². The molecule has 0 aromatic heterocycles. The van der Waals surface area contributed by atoms with E-state index in [9.17, 15) is 10.1 Å². The summed E-state index contributed by atoms with van der Waals surface area (Å²) in [6.07, 6.45) is 0.403. The second kappa shape index (κ2) is 5.14. The van der Waals surface area contributed by atoms with E-state index in [1.807, 2.05) is 6.92 Å². The maximum atomic E-state index is 10.9. The third-order valence-electron chi connectivity index (χ3n) is 3.53. The SMILES string of the molecule is COC1C(N)CC1Oc1cc([N+](=O)[O-])c(C)cc1C. The number of methoxy groups -OCH3 is 1. The van der Waals surface area contributed by atoms with E-state index >= 15 is 0 Å². The molecule has 3 unspecified atom stereocenters. The van der Waals surface area contributed by atoms with Crippen molar-refractivity contribution in [1.82, 2.24) is 0 Å². The van der Waals surface area contributed by atoms with Gasteiger partial charge in [0.2, 0.25) is 0 Å². The van der Waals surface area contributed by atoms with Crippen molar-refractivity contribution in [3.63, 3.8) is 0 Å². The molecule has 19 heavy (non-hydrogen) atoms. The third-order valence-corrected chi connectivity index (χ3v) is 3.53. The molecule has 2 N–H and O–H groups in total. The van der Waals surface area contributed by atoms with Crippen molar-refractivity contribution >= 4 is 5.69 Å². The zero-order valence-electron chi connectivity index (χ0n) is 11.3. The minimum absolute atomic E-state index is 0.0317. The molecule has 0 saturated heterocycles. The Morgan fingerprint density at radius 2 is 2.05 bits per heavy atom. The number of hydrogen-bond acceptors (Lipinski definition) is 5. The van der Waals surface area contributed by atoms with Gasteiger partial charge in [0.1, 0.15) is 18.0 Å². The Morgan fingerprint density at radius 1 is 1.37 bits per heavy atom. The molecule has 6 nitrogen and oxygen atoms in total. The number of nitro benzene ring substituents is 1. The van der Waals surface area contributed by atoms with Crippen LogP contribution in [0.25, 0.3) is 0 Å². The lowest BCUT2D eigenvalue weighted by Gasteiger charge is -2.41. The zero-order chi connectivity index (χ0) is 14.2. The maximum Gasteiger partial charge on any atom is 0.276 e. The molecule has 0 radical (unpaired) electrons. The molecule has 0 spiro atoms. The topological polar surface area (TPSA) is 87.6 Å². The van der Waals surface area contributed by atoms with Crippen molar-refractivity contribution in [1.29, 1.82) is 0 Å². The first kappa shape index (κ1) is 13.8. The standard InChI is InChI=1S/C13H18N2O4/c1-7-4-8(2)11(6-10(7)15(16)17)19-12-5-9(14)13(12)18-3/h4,6,9,12-13H,5,14H2,1-3H3. The van der Waals surface area contributed by atoms with Crippen molar-refractivity contribution < 1.29 is 14.4 Å². The number of aryl methyl sites for hydroxylation is 2. The van der Waals surface area contributed by atoms with Crippen LogP contribution in [0.5, 0.6) is 5.75 Å². The number of nitrogens with zero attached hydrogens (tertiary/aromatic N) is 1. The molecule has 6 heteroatoms. The lowest BCUT2D eigenvalue weighted by atomic mass is 9.86. The summed E-state index contributed by atoms with van der Waals surface area (Å²) in [5.41, 5.74) is 7.37. The smallest absolute Gasteiger partial charge is 0.276 e. The van der Waals surface area contributed by atoms with Crippen LogP contribution in [-0.4, -0.2) is 30.3 Å². The summed E-state index contributed by atoms with van der Waals surface area (Å²) in [5, 5.41) is 10.9. The second-order valence-corrected chi connectivity index (χ2v) is 4.92. The molecule has 1 aliphatic rings. The van der Waals surface area contributed by atoms with E-state index in [4.69, 9.17) is 15.2 Å². The Balaban J connectivity index is 2.21. The normalized spacial score (nSPS) is 25.8. The number of hydrogen-bond donors (Lipinski definition) is 1. The average Bonchev–Trinajstić information content (AvgIpc) is 2.31. The van der Waals surface area contributed by atoms with E-state index in [1.54, 1.807) is 20.1 Å². The van der Waals surface area contributed by atoms with E-state index in [2.05, 4.69) is 0 Å². The summed E-state index contributed by atoms with van der Waals surface area (Å²) < 4.78 is 11.0. The summed E-state index contributed by atoms with van der Waals surface area (Å²) in [6, 6.07) is 3.20. The van der Waals surface area contributed by atoms with Gasteiger partial charge >= 0.3 is 0 Å². The Labute approximate surface area is 111 Å². The first-order valence-corrected chi connectivity index (χ1v) is 6.14. The summed E-state index contributed by atoms with van der Waals surface area (Å²) in [6.45, 7) is 3.58. The fraction of sp³-hybridized carbons (Fsp3) is 0.538. The summed E-state index contributed by atoms with van der Waals surface area (Å²) in [7, 11) is 1.59. The van der Waals surface area contributed by atoms with Crippen molar-refractivity contribution in [3.8, 4) is 5.75 Å². The molecule has 1 saturated carbocycles. The van der Waals surface area contributed by atoms with E-state index in [0.29, 0.717) is 17.7 Å². The number of benzene rings is 1. The van der Waals surface area contributed by atoms with Gasteiger partial charge in [0, 0.05) is 25.1 Å². The fourth-order valence-electron chi connectivity index (χ4n) is 2.37. The van der Waals surface area contributed by atoms with E-state index < -0.39 is 4.92 Å². The highest BCUT2D eigenvalue weighted by Crippen LogP contribution is 2.33. The van der Waals surface area contributed by atoms with Gasteiger partial charge in [-0.25, -0.2) is 0 Å². The van der Waals surface area contributed by atoms with E-state index in [-0.39, 0.29) is 23.9 Å². The fourth-order valence-corrected chi connectivity index (χ4v) is 2.37. The Kier molecular flexibility index (Phi) is 3.73. The van der Waals surface area contributed by atoms with Gasteiger partial charge in [-0.3, -0.25) is 10.1 Å². The largest absolute Gasteiger partial charge is 0.487 e. The minimum atomic E-state index is -0.401. The van der Waals surface area contributed by atoms with Gasteiger partial charge in [0.15, 0.2) is 0 Å². The highest BCUT2D eigenvalue weighted by Gasteiger charge is 2.41. The monoisotopic (exact) mass is 266 g/mol. The molecular formula is C13H18N2O4. The number of ether oxygens (including phenoxy) is 2. The summed E-state index contributed by atoms with van der Waals surface area (Å²) in [5.74, 6) is 0.524. The van der Waals surface area contributed by atoms with Gasteiger partial charge < -0.3 is 15.2 Å². The number of nitrogens with two attached hydrogens (primary N) is 1. The molecule has 3 atom stereocenters. The molecule has 1 aliphatic carbocycles. The van der Waals surface area contributed by atoms with Crippen LogP contribution in [0.3, 0.4) is 0 Å². The van der Waals surface area contributed by atoms with Crippen LogP contribution >= 0.6 is 0 Å². The van der Waals surface area contributed by atoms with Gasteiger partial charge in [0.25, 0.3) is 5.69 Å². The van der Waals surface area contributed by atoms with Crippen LogP contribution in [0.2, 0.25) is 0 Å². The maximum absolute atomic E-state index is 10.9. The minimum Gasteiger partial charge on any atom is -0.487 e. The lowest BCUT2D eigenvalue weighted by Crippen LogP contribution is -2.59. The van der Waals surface area contributed by atoms with E-state index in [1.165, 1.54) is 6.07 Å². The highest BCUT2D eigenvalue weighted by atomic mass is 16.6. The molecular weight excluding hydrogens is 248 g/mol. The van der Waals surface area contributed by atoms with Crippen molar-refractivity contribution in [3.05, 3.63) is 33.4 Å². The quantitative estimate of drug-likeness (QED) is 0.662. The van der Waals surface area contributed by atoms with Crippen LogP contribution in [0, 0.1) is 24.0 Å². The molecule has 1 aromatic rings. The Bertz CT molecular complexity index is 504. The second-order valence-electron chi connectivity index (χ2n) is 4.92. The molecule has 0 amide bonds. The van der Waals surface area contributed by atoms with Crippen LogP contribution in [0.15, 0.2) is 12.1 Å². The molecule has 104 valence electrons. The average molecular weight is 266 g/mol. The molecule has 2 rings (SSSR count). The highest BCUT2D eigenvalue weighted by molar-refractivity contribution is 5.49. The molecule has 1 fully saturated rings. The van der Waals surface area contributed by atoms with Crippen molar-refractivity contribution in [2.75, 3.05) is 7.11 Å². The van der Waals surface area contributed by atoms with Gasteiger partial charge in [-0.1, -0.05) is 0 Å². The van der Waals surface area contributed by atoms with Crippen molar-refractivity contribution in [2.45, 2.75) is 38.5 Å². The lowest BCUT2D eigenvalue weighted by molar-refractivity contribution is -0.385. The van der Waals surface area contributed by atoms with Gasteiger partial charge in [-0.15, -0.1) is 0 Å². The van der Waals surface area contributed by atoms with Crippen molar-refractivity contribution in [2.24, 2.45) is 5.73 Å².